The van der Waals surface area contributed by atoms with Crippen LogP contribution in [-0.4, -0.2) is 36.1 Å². The van der Waals surface area contributed by atoms with Crippen molar-refractivity contribution in [1.82, 2.24) is 5.32 Å². The Labute approximate surface area is 114 Å². The van der Waals surface area contributed by atoms with Gasteiger partial charge in [-0.25, -0.2) is 4.39 Å². The number of hydrogen-bond acceptors (Lipinski definition) is 5. The summed E-state index contributed by atoms with van der Waals surface area (Å²) in [7, 11) is 0. The van der Waals surface area contributed by atoms with Gasteiger partial charge in [-0.15, -0.1) is 0 Å². The van der Waals surface area contributed by atoms with E-state index >= 15 is 0 Å². The van der Waals surface area contributed by atoms with Gasteiger partial charge >= 0.3 is 0 Å². The van der Waals surface area contributed by atoms with Crippen LogP contribution in [0.5, 0.6) is 0 Å². The molecule has 0 aliphatic carbocycles. The number of carbonyl (C=O) groups excluding carboxylic acids is 1. The second kappa shape index (κ2) is 5.51. The zero-order chi connectivity index (χ0) is 14.8. The van der Waals surface area contributed by atoms with Crippen LogP contribution in [-0.2, 0) is 9.53 Å². The number of carbonyl (C=O) groups is 1. The van der Waals surface area contributed by atoms with Gasteiger partial charge in [-0.1, -0.05) is 0 Å². The lowest BCUT2D eigenvalue weighted by atomic mass is 10.0. The number of ether oxygens (including phenoxy) is 1. The Bertz CT molecular complexity index is 546. The molecule has 0 aromatic heterocycles. The van der Waals surface area contributed by atoms with Crippen LogP contribution in [0.25, 0.3) is 0 Å². The van der Waals surface area contributed by atoms with Crippen LogP contribution in [0, 0.1) is 15.9 Å². The Balaban J connectivity index is 1.99. The van der Waals surface area contributed by atoms with Crippen molar-refractivity contribution in [3.63, 3.8) is 0 Å². The van der Waals surface area contributed by atoms with Crippen molar-refractivity contribution in [2.75, 3.05) is 25.0 Å². The molecule has 1 aromatic rings. The van der Waals surface area contributed by atoms with E-state index in [1.807, 2.05) is 6.92 Å². The second-order valence-electron chi connectivity index (χ2n) is 4.81. The molecule has 0 unspecified atom stereocenters. The van der Waals surface area contributed by atoms with Gasteiger partial charge in [0, 0.05) is 25.2 Å². The van der Waals surface area contributed by atoms with Crippen molar-refractivity contribution >= 4 is 17.3 Å². The van der Waals surface area contributed by atoms with Gasteiger partial charge in [0.25, 0.3) is 11.6 Å². The monoisotopic (exact) mass is 283 g/mol. The van der Waals surface area contributed by atoms with Gasteiger partial charge in [0.05, 0.1) is 10.5 Å². The smallest absolute Gasteiger partial charge is 0.292 e. The van der Waals surface area contributed by atoms with Crippen LogP contribution in [0.1, 0.15) is 6.92 Å². The SMILES string of the molecule is CC1(OCC(=O)Nc2cc(F)ccc2[N+](=O)[O-])CNC1. The number of nitro groups is 1. The summed E-state index contributed by atoms with van der Waals surface area (Å²) in [6, 6.07) is 2.87. The summed E-state index contributed by atoms with van der Waals surface area (Å²) in [5, 5.41) is 16.1. The Hall–Kier alpha value is -2.06. The van der Waals surface area contributed by atoms with Crippen LogP contribution in [0.2, 0.25) is 0 Å². The minimum atomic E-state index is -0.687. The lowest BCUT2D eigenvalue weighted by molar-refractivity contribution is -0.384. The van der Waals surface area contributed by atoms with E-state index in [1.165, 1.54) is 0 Å². The van der Waals surface area contributed by atoms with Crippen LogP contribution in [0.15, 0.2) is 18.2 Å². The number of anilines is 1. The fourth-order valence-corrected chi connectivity index (χ4v) is 1.77. The lowest BCUT2D eigenvalue weighted by Gasteiger charge is -2.38. The zero-order valence-electron chi connectivity index (χ0n) is 10.8. The first-order chi connectivity index (χ1) is 9.39. The van der Waals surface area contributed by atoms with Crippen molar-refractivity contribution in [1.29, 1.82) is 0 Å². The van der Waals surface area contributed by atoms with Crippen molar-refractivity contribution in [3.8, 4) is 0 Å². The number of nitrogens with one attached hydrogen (secondary N) is 2. The number of rotatable bonds is 5. The molecular weight excluding hydrogens is 269 g/mol. The Morgan fingerprint density at radius 3 is 2.85 bits per heavy atom. The van der Waals surface area contributed by atoms with Gasteiger partial charge in [0.1, 0.15) is 18.1 Å². The molecule has 1 amide bonds. The van der Waals surface area contributed by atoms with Gasteiger partial charge in [-0.2, -0.15) is 0 Å². The molecule has 8 heteroatoms. The van der Waals surface area contributed by atoms with E-state index in [0.717, 1.165) is 18.2 Å². The number of benzene rings is 1. The van der Waals surface area contributed by atoms with Gasteiger partial charge in [0.2, 0.25) is 0 Å². The number of nitro benzene ring substituents is 1. The maximum Gasteiger partial charge on any atom is 0.292 e. The van der Waals surface area contributed by atoms with Crippen LogP contribution in [0.3, 0.4) is 0 Å². The lowest BCUT2D eigenvalue weighted by Crippen LogP contribution is -2.59. The molecule has 1 aliphatic heterocycles. The largest absolute Gasteiger partial charge is 0.363 e. The van der Waals surface area contributed by atoms with E-state index in [0.29, 0.717) is 13.1 Å². The molecule has 2 rings (SSSR count). The highest BCUT2D eigenvalue weighted by Crippen LogP contribution is 2.25. The first-order valence-electron chi connectivity index (χ1n) is 5.98. The Kier molecular flexibility index (Phi) is 3.96. The molecule has 0 radical (unpaired) electrons. The van der Waals surface area contributed by atoms with E-state index in [2.05, 4.69) is 10.6 Å². The molecule has 1 aliphatic rings. The highest BCUT2D eigenvalue weighted by molar-refractivity contribution is 5.93. The summed E-state index contributed by atoms with van der Waals surface area (Å²) in [6.07, 6.45) is 0. The third-order valence-electron chi connectivity index (χ3n) is 2.98. The van der Waals surface area contributed by atoms with Crippen molar-refractivity contribution in [2.24, 2.45) is 0 Å². The molecule has 0 bridgehead atoms. The molecule has 7 nitrogen and oxygen atoms in total. The third kappa shape index (κ3) is 3.28. The van der Waals surface area contributed by atoms with Gasteiger partial charge in [-0.05, 0) is 13.0 Å². The molecular formula is C12H14FN3O4. The number of amides is 1. The molecule has 0 atom stereocenters. The topological polar surface area (TPSA) is 93.5 Å². The average Bonchev–Trinajstić information content (AvgIpc) is 2.33. The summed E-state index contributed by atoms with van der Waals surface area (Å²) in [4.78, 5) is 21.8. The molecule has 20 heavy (non-hydrogen) atoms. The van der Waals surface area contributed by atoms with Crippen LogP contribution in [0.4, 0.5) is 15.8 Å². The standard InChI is InChI=1S/C12H14FN3O4/c1-12(6-14-7-12)20-5-11(17)15-9-4-8(13)2-3-10(9)16(18)19/h2-4,14H,5-7H2,1H3,(H,15,17). The minimum absolute atomic E-state index is 0.180. The zero-order valence-corrected chi connectivity index (χ0v) is 10.8. The fourth-order valence-electron chi connectivity index (χ4n) is 1.77. The normalized spacial score (nSPS) is 16.3. The van der Waals surface area contributed by atoms with Crippen molar-refractivity contribution in [3.05, 3.63) is 34.1 Å². The van der Waals surface area contributed by atoms with Crippen LogP contribution >= 0.6 is 0 Å². The van der Waals surface area contributed by atoms with Crippen molar-refractivity contribution in [2.45, 2.75) is 12.5 Å². The molecule has 108 valence electrons. The number of halogens is 1. The highest BCUT2D eigenvalue weighted by Gasteiger charge is 2.33. The number of hydrogen-bond donors (Lipinski definition) is 2. The van der Waals surface area contributed by atoms with E-state index in [4.69, 9.17) is 4.74 Å². The summed E-state index contributed by atoms with van der Waals surface area (Å²) >= 11 is 0. The molecule has 1 saturated heterocycles. The summed E-state index contributed by atoms with van der Waals surface area (Å²) in [5.41, 5.74) is -0.942. The maximum absolute atomic E-state index is 13.1. The third-order valence-corrected chi connectivity index (χ3v) is 2.98. The Morgan fingerprint density at radius 1 is 1.60 bits per heavy atom. The van der Waals surface area contributed by atoms with Crippen molar-refractivity contribution < 1.29 is 18.8 Å². The molecule has 1 fully saturated rings. The quantitative estimate of drug-likeness (QED) is 0.622. The number of nitrogens with zero attached hydrogens (tertiary/aromatic N) is 1. The van der Waals surface area contributed by atoms with E-state index in [9.17, 15) is 19.3 Å². The molecule has 1 aromatic carbocycles. The predicted octanol–water partition coefficient (Wildman–Crippen LogP) is 1.05. The first kappa shape index (κ1) is 14.4. The van der Waals surface area contributed by atoms with Gasteiger partial charge in [0.15, 0.2) is 0 Å². The summed E-state index contributed by atoms with van der Waals surface area (Å²) in [5.74, 6) is -1.23. The Morgan fingerprint density at radius 2 is 2.30 bits per heavy atom. The average molecular weight is 283 g/mol. The first-order valence-corrected chi connectivity index (χ1v) is 5.98. The van der Waals surface area contributed by atoms with E-state index in [-0.39, 0.29) is 18.0 Å². The highest BCUT2D eigenvalue weighted by atomic mass is 19.1. The minimum Gasteiger partial charge on any atom is -0.363 e. The van der Waals surface area contributed by atoms with E-state index < -0.39 is 22.2 Å². The summed E-state index contributed by atoms with van der Waals surface area (Å²) < 4.78 is 18.5. The molecule has 2 N–H and O–H groups in total. The predicted molar refractivity (Wildman–Crippen MR) is 68.9 cm³/mol. The van der Waals surface area contributed by atoms with Gasteiger partial charge < -0.3 is 15.4 Å². The second-order valence-corrected chi connectivity index (χ2v) is 4.81. The summed E-state index contributed by atoms with van der Waals surface area (Å²) in [6.45, 7) is 2.88. The van der Waals surface area contributed by atoms with E-state index in [1.54, 1.807) is 0 Å². The fraction of sp³-hybridized carbons (Fsp3) is 0.417. The van der Waals surface area contributed by atoms with Crippen LogP contribution < -0.4 is 10.6 Å². The molecule has 0 saturated carbocycles. The van der Waals surface area contributed by atoms with Gasteiger partial charge in [-0.3, -0.25) is 14.9 Å². The molecule has 1 heterocycles. The maximum atomic E-state index is 13.1. The molecule has 0 spiro atoms.